The first kappa shape index (κ1) is 19.6. The molecule has 2 rings (SSSR count). The van der Waals surface area contributed by atoms with Crippen LogP contribution in [-0.4, -0.2) is 69.1 Å². The molecule has 25 heavy (non-hydrogen) atoms. The Kier molecular flexibility index (Phi) is 4.41. The third-order valence-corrected chi connectivity index (χ3v) is 4.91. The molecule has 5 atom stereocenters. The molecule has 1 saturated heterocycles. The minimum Gasteiger partial charge on any atom is -0.462 e. The molecule has 2 fully saturated rings. The van der Waals surface area contributed by atoms with Gasteiger partial charge in [-0.1, -0.05) is 13.8 Å². The van der Waals surface area contributed by atoms with Gasteiger partial charge < -0.3 is 34.8 Å². The summed E-state index contributed by atoms with van der Waals surface area (Å²) in [5.74, 6) is -4.37. The maximum Gasteiger partial charge on any atom is 0.303 e. The normalized spacial score (nSPS) is 39.1. The van der Waals surface area contributed by atoms with E-state index in [0.717, 1.165) is 20.8 Å². The summed E-state index contributed by atoms with van der Waals surface area (Å²) < 4.78 is 15.2. The van der Waals surface area contributed by atoms with Crippen molar-refractivity contribution in [3.8, 4) is 0 Å². The van der Waals surface area contributed by atoms with Crippen molar-refractivity contribution in [2.45, 2.75) is 63.9 Å². The van der Waals surface area contributed by atoms with Crippen LogP contribution in [0.5, 0.6) is 0 Å². The SMILES string of the molecule is CC(=O)N[C@@]1(O)[C@@H]([C@@H](COC(C)=O)OC(C)=O)O[C@@]2(O)C(C)(C)[C@@]12O. The summed E-state index contributed by atoms with van der Waals surface area (Å²) in [5, 5.41) is 34.7. The maximum absolute atomic E-state index is 11.6. The van der Waals surface area contributed by atoms with Gasteiger partial charge in [0.05, 0.1) is 5.41 Å². The first-order valence-electron chi connectivity index (χ1n) is 7.69. The van der Waals surface area contributed by atoms with Gasteiger partial charge in [-0.3, -0.25) is 14.4 Å². The number of carbonyl (C=O) groups is 3. The van der Waals surface area contributed by atoms with Crippen molar-refractivity contribution in [1.82, 2.24) is 5.32 Å². The molecule has 0 aromatic rings. The maximum atomic E-state index is 11.6. The third kappa shape index (κ3) is 2.43. The fraction of sp³-hybridized carbons (Fsp3) is 0.800. The van der Waals surface area contributed by atoms with Gasteiger partial charge in [0.1, 0.15) is 6.61 Å². The molecule has 2 aliphatic rings. The Balaban J connectivity index is 2.42. The Bertz CT molecular complexity index is 620. The van der Waals surface area contributed by atoms with Gasteiger partial charge in [0.15, 0.2) is 17.8 Å². The average Bonchev–Trinajstić information content (AvgIpc) is 2.68. The van der Waals surface area contributed by atoms with Gasteiger partial charge in [-0.2, -0.15) is 0 Å². The summed E-state index contributed by atoms with van der Waals surface area (Å²) in [5.41, 5.74) is -6.08. The average molecular weight is 361 g/mol. The van der Waals surface area contributed by atoms with Crippen LogP contribution in [0.4, 0.5) is 0 Å². The van der Waals surface area contributed by atoms with E-state index in [2.05, 4.69) is 5.32 Å². The highest BCUT2D eigenvalue weighted by Gasteiger charge is 2.98. The number of ether oxygens (including phenoxy) is 3. The molecule has 0 aromatic heterocycles. The number of nitrogens with one attached hydrogen (secondary N) is 1. The van der Waals surface area contributed by atoms with Crippen LogP contribution in [0.2, 0.25) is 0 Å². The second kappa shape index (κ2) is 5.63. The molecular formula is C15H23NO9. The number of amides is 1. The zero-order valence-electron chi connectivity index (χ0n) is 14.7. The van der Waals surface area contributed by atoms with E-state index >= 15 is 0 Å². The molecular weight excluding hydrogens is 338 g/mol. The number of aliphatic hydroxyl groups is 3. The smallest absolute Gasteiger partial charge is 0.303 e. The fourth-order valence-electron chi connectivity index (χ4n) is 3.60. The second-order valence-corrected chi connectivity index (χ2v) is 6.92. The Hall–Kier alpha value is -1.75. The highest BCUT2D eigenvalue weighted by molar-refractivity contribution is 5.74. The summed E-state index contributed by atoms with van der Waals surface area (Å²) in [6, 6.07) is 0. The number of esters is 2. The van der Waals surface area contributed by atoms with Gasteiger partial charge in [0, 0.05) is 20.8 Å². The number of hydrogen-bond acceptors (Lipinski definition) is 9. The number of hydrogen-bond donors (Lipinski definition) is 4. The molecule has 0 radical (unpaired) electrons. The predicted octanol–water partition coefficient (Wildman–Crippen LogP) is -1.84. The van der Waals surface area contributed by atoms with Crippen molar-refractivity contribution in [2.75, 3.05) is 6.61 Å². The van der Waals surface area contributed by atoms with Crippen LogP contribution in [0.15, 0.2) is 0 Å². The lowest BCUT2D eigenvalue weighted by Gasteiger charge is -2.39. The summed E-state index contributed by atoms with van der Waals surface area (Å²) in [4.78, 5) is 34.0. The zero-order valence-corrected chi connectivity index (χ0v) is 14.7. The van der Waals surface area contributed by atoms with Gasteiger partial charge in [-0.25, -0.2) is 0 Å². The molecule has 1 aliphatic heterocycles. The van der Waals surface area contributed by atoms with E-state index in [9.17, 15) is 29.7 Å². The molecule has 10 nitrogen and oxygen atoms in total. The lowest BCUT2D eigenvalue weighted by Crippen LogP contribution is -2.68. The van der Waals surface area contributed by atoms with Crippen LogP contribution >= 0.6 is 0 Å². The minimum atomic E-state index is -2.49. The monoisotopic (exact) mass is 361 g/mol. The summed E-state index contributed by atoms with van der Waals surface area (Å²) in [6.45, 7) is 5.67. The molecule has 0 spiro atoms. The van der Waals surface area contributed by atoms with Crippen molar-refractivity contribution >= 4 is 17.8 Å². The molecule has 0 bridgehead atoms. The first-order valence-corrected chi connectivity index (χ1v) is 7.69. The van der Waals surface area contributed by atoms with E-state index in [-0.39, 0.29) is 0 Å². The van der Waals surface area contributed by atoms with Crippen LogP contribution in [0.1, 0.15) is 34.6 Å². The highest BCUT2D eigenvalue weighted by atomic mass is 16.7. The number of carbonyl (C=O) groups excluding carboxylic acids is 3. The van der Waals surface area contributed by atoms with Crippen LogP contribution in [-0.2, 0) is 28.6 Å². The predicted molar refractivity (Wildman–Crippen MR) is 79.5 cm³/mol. The minimum absolute atomic E-state index is 0.506. The number of fused-ring (bicyclic) bond motifs is 1. The Morgan fingerprint density at radius 3 is 2.12 bits per heavy atom. The van der Waals surface area contributed by atoms with E-state index in [1.807, 2.05) is 0 Å². The molecule has 0 unspecified atom stereocenters. The largest absolute Gasteiger partial charge is 0.462 e. The Labute approximate surface area is 144 Å². The standard InChI is InChI=1S/C15H23NO9/c1-7(17)16-13(20)11(10(24-9(3)19)6-23-8(2)18)25-15(22)12(4,5)14(13,15)21/h10-11,20-22H,6H2,1-5H3,(H,16,17)/t10-,11-,13-,14-,15+/m1/s1. The second-order valence-electron chi connectivity index (χ2n) is 6.92. The van der Waals surface area contributed by atoms with Gasteiger partial charge in [0.25, 0.3) is 0 Å². The zero-order chi connectivity index (χ0) is 19.4. The Morgan fingerprint density at radius 1 is 1.12 bits per heavy atom. The highest BCUT2D eigenvalue weighted by Crippen LogP contribution is 2.74. The summed E-state index contributed by atoms with van der Waals surface area (Å²) in [6.07, 6.45) is -2.96. The molecule has 10 heteroatoms. The Morgan fingerprint density at radius 2 is 1.68 bits per heavy atom. The van der Waals surface area contributed by atoms with Gasteiger partial charge in [-0.05, 0) is 0 Å². The molecule has 0 aromatic carbocycles. The van der Waals surface area contributed by atoms with E-state index in [1.165, 1.54) is 13.8 Å². The molecule has 142 valence electrons. The third-order valence-electron chi connectivity index (χ3n) is 4.91. The van der Waals surface area contributed by atoms with Crippen LogP contribution in [0.3, 0.4) is 0 Å². The van der Waals surface area contributed by atoms with Crippen molar-refractivity contribution in [3.05, 3.63) is 0 Å². The first-order chi connectivity index (χ1) is 11.2. The topological polar surface area (TPSA) is 152 Å². The van der Waals surface area contributed by atoms with Gasteiger partial charge in [-0.15, -0.1) is 0 Å². The van der Waals surface area contributed by atoms with E-state index in [0.29, 0.717) is 0 Å². The molecule has 1 aliphatic carbocycles. The molecule has 1 heterocycles. The van der Waals surface area contributed by atoms with Gasteiger partial charge in [0.2, 0.25) is 17.4 Å². The lowest BCUT2D eigenvalue weighted by molar-refractivity contribution is -0.231. The molecule has 4 N–H and O–H groups in total. The van der Waals surface area contributed by atoms with Crippen LogP contribution in [0, 0.1) is 5.41 Å². The van der Waals surface area contributed by atoms with Crippen molar-refractivity contribution in [2.24, 2.45) is 5.41 Å². The van der Waals surface area contributed by atoms with Crippen LogP contribution < -0.4 is 5.32 Å². The molecule has 1 saturated carbocycles. The van der Waals surface area contributed by atoms with Crippen LogP contribution in [0.25, 0.3) is 0 Å². The van der Waals surface area contributed by atoms with E-state index in [1.54, 1.807) is 0 Å². The van der Waals surface area contributed by atoms with E-state index < -0.39 is 59.2 Å². The van der Waals surface area contributed by atoms with Crippen molar-refractivity contribution < 1.29 is 43.9 Å². The molecule has 1 amide bonds. The van der Waals surface area contributed by atoms with Crippen molar-refractivity contribution in [3.63, 3.8) is 0 Å². The van der Waals surface area contributed by atoms with E-state index in [4.69, 9.17) is 14.2 Å². The fourth-order valence-corrected chi connectivity index (χ4v) is 3.60. The summed E-state index contributed by atoms with van der Waals surface area (Å²) >= 11 is 0. The quantitative estimate of drug-likeness (QED) is 0.327. The van der Waals surface area contributed by atoms with Crippen molar-refractivity contribution in [1.29, 1.82) is 0 Å². The lowest BCUT2D eigenvalue weighted by atomic mass is 9.88. The summed E-state index contributed by atoms with van der Waals surface area (Å²) in [7, 11) is 0. The number of rotatable bonds is 5. The van der Waals surface area contributed by atoms with Gasteiger partial charge >= 0.3 is 11.9 Å².